The van der Waals surface area contributed by atoms with Gasteiger partial charge in [-0.15, -0.1) is 11.3 Å². The molecule has 162 valence electrons. The van der Waals surface area contributed by atoms with Crippen molar-refractivity contribution in [3.8, 4) is 16.2 Å². The van der Waals surface area contributed by atoms with Crippen molar-refractivity contribution in [1.29, 1.82) is 0 Å². The zero-order chi connectivity index (χ0) is 21.2. The molecular formula is C27H32N2OS. The van der Waals surface area contributed by atoms with Crippen LogP contribution < -0.4 is 10.1 Å². The Bertz CT molecular complexity index is 1030. The summed E-state index contributed by atoms with van der Waals surface area (Å²) in [5.41, 5.74) is 5.24. The minimum Gasteiger partial charge on any atom is -0.496 e. The van der Waals surface area contributed by atoms with Crippen LogP contribution in [0.2, 0.25) is 0 Å². The van der Waals surface area contributed by atoms with E-state index >= 15 is 0 Å². The summed E-state index contributed by atoms with van der Waals surface area (Å²) >= 11 is 1.87. The molecule has 4 heteroatoms. The van der Waals surface area contributed by atoms with Crippen LogP contribution in [0.3, 0.4) is 0 Å². The predicted molar refractivity (Wildman–Crippen MR) is 130 cm³/mol. The van der Waals surface area contributed by atoms with Gasteiger partial charge in [-0.25, -0.2) is 4.98 Å². The van der Waals surface area contributed by atoms with Gasteiger partial charge in [-0.3, -0.25) is 0 Å². The van der Waals surface area contributed by atoms with Gasteiger partial charge in [-0.05, 0) is 92.2 Å². The molecule has 3 aromatic rings. The van der Waals surface area contributed by atoms with Gasteiger partial charge in [0.05, 0.1) is 17.0 Å². The van der Waals surface area contributed by atoms with E-state index < -0.39 is 0 Å². The molecule has 0 atom stereocenters. The number of anilines is 1. The Morgan fingerprint density at radius 3 is 2.55 bits per heavy atom. The third-order valence-corrected chi connectivity index (χ3v) is 8.14. The molecule has 0 saturated heterocycles. The van der Waals surface area contributed by atoms with Crippen LogP contribution >= 0.6 is 11.3 Å². The number of nitrogens with one attached hydrogen (secondary N) is 1. The molecule has 1 heterocycles. The molecule has 31 heavy (non-hydrogen) atoms. The first kappa shape index (κ1) is 20.6. The van der Waals surface area contributed by atoms with Gasteiger partial charge in [0.15, 0.2) is 0 Å². The highest BCUT2D eigenvalue weighted by atomic mass is 32.1. The van der Waals surface area contributed by atoms with Gasteiger partial charge in [0.25, 0.3) is 0 Å². The highest BCUT2D eigenvalue weighted by molar-refractivity contribution is 7.15. The number of rotatable bonds is 7. The second-order valence-corrected chi connectivity index (χ2v) is 10.3. The maximum absolute atomic E-state index is 5.42. The van der Waals surface area contributed by atoms with Crippen LogP contribution in [0.5, 0.6) is 5.75 Å². The largest absolute Gasteiger partial charge is 0.496 e. The second-order valence-electron chi connectivity index (χ2n) is 9.25. The molecule has 2 aliphatic rings. The molecule has 0 spiro atoms. The van der Waals surface area contributed by atoms with Crippen molar-refractivity contribution in [3.05, 3.63) is 64.8 Å². The van der Waals surface area contributed by atoms with E-state index in [0.29, 0.717) is 5.92 Å². The van der Waals surface area contributed by atoms with Crippen LogP contribution in [0.1, 0.15) is 66.5 Å². The zero-order valence-electron chi connectivity index (χ0n) is 18.6. The second kappa shape index (κ2) is 9.04. The van der Waals surface area contributed by atoms with Gasteiger partial charge >= 0.3 is 0 Å². The molecule has 2 aromatic carbocycles. The van der Waals surface area contributed by atoms with Crippen LogP contribution in [-0.2, 0) is 0 Å². The van der Waals surface area contributed by atoms with Crippen molar-refractivity contribution in [2.24, 2.45) is 5.92 Å². The summed E-state index contributed by atoms with van der Waals surface area (Å²) < 4.78 is 5.42. The number of benzene rings is 2. The molecular weight excluding hydrogens is 400 g/mol. The molecule has 2 saturated carbocycles. The fraction of sp³-hybridized carbons (Fsp3) is 0.444. The van der Waals surface area contributed by atoms with Crippen LogP contribution in [0.4, 0.5) is 5.69 Å². The normalized spacial score (nSPS) is 21.1. The van der Waals surface area contributed by atoms with Crippen molar-refractivity contribution in [2.45, 2.75) is 57.3 Å². The van der Waals surface area contributed by atoms with Crippen molar-refractivity contribution < 1.29 is 4.74 Å². The zero-order valence-corrected chi connectivity index (χ0v) is 19.4. The number of aryl methyl sites for hydroxylation is 1. The Hall–Kier alpha value is -2.33. The summed E-state index contributed by atoms with van der Waals surface area (Å²) in [4.78, 5) is 5.93. The number of hydrogen-bond acceptors (Lipinski definition) is 4. The molecule has 0 radical (unpaired) electrons. The molecule has 2 fully saturated rings. The lowest BCUT2D eigenvalue weighted by Crippen LogP contribution is -2.20. The predicted octanol–water partition coefficient (Wildman–Crippen LogP) is 7.39. The van der Waals surface area contributed by atoms with Crippen molar-refractivity contribution >= 4 is 17.0 Å². The molecule has 3 nitrogen and oxygen atoms in total. The highest BCUT2D eigenvalue weighted by Crippen LogP contribution is 2.43. The first-order valence-electron chi connectivity index (χ1n) is 11.6. The van der Waals surface area contributed by atoms with Gasteiger partial charge in [-0.2, -0.15) is 0 Å². The molecule has 0 amide bonds. The number of aromatic nitrogens is 1. The Morgan fingerprint density at radius 2 is 1.81 bits per heavy atom. The summed E-state index contributed by atoms with van der Waals surface area (Å²) in [5.74, 6) is 3.17. The average molecular weight is 433 g/mol. The molecule has 0 aliphatic heterocycles. The van der Waals surface area contributed by atoms with Crippen molar-refractivity contribution in [3.63, 3.8) is 0 Å². The lowest BCUT2D eigenvalue weighted by atomic mass is 9.78. The fourth-order valence-corrected chi connectivity index (χ4v) is 5.92. The summed E-state index contributed by atoms with van der Waals surface area (Å²) in [5, 5.41) is 5.03. The Labute approximate surface area is 189 Å². The Balaban J connectivity index is 1.15. The van der Waals surface area contributed by atoms with E-state index in [1.54, 1.807) is 7.11 Å². The quantitative estimate of drug-likeness (QED) is 0.422. The first-order chi connectivity index (χ1) is 15.2. The maximum Gasteiger partial charge on any atom is 0.121 e. The smallest absolute Gasteiger partial charge is 0.121 e. The van der Waals surface area contributed by atoms with E-state index in [1.165, 1.54) is 70.8 Å². The molecule has 1 aromatic heterocycles. The van der Waals surface area contributed by atoms with Crippen LogP contribution in [-0.4, -0.2) is 18.6 Å². The fourth-order valence-electron chi connectivity index (χ4n) is 4.84. The highest BCUT2D eigenvalue weighted by Gasteiger charge is 2.27. The van der Waals surface area contributed by atoms with Gasteiger partial charge < -0.3 is 10.1 Å². The van der Waals surface area contributed by atoms with Gasteiger partial charge in [0.2, 0.25) is 0 Å². The van der Waals surface area contributed by atoms with Crippen LogP contribution in [0, 0.1) is 12.8 Å². The number of ether oxygens (including phenoxy) is 1. The molecule has 2 aliphatic carbocycles. The summed E-state index contributed by atoms with van der Waals surface area (Å²) in [6.45, 7) is 3.21. The van der Waals surface area contributed by atoms with E-state index in [4.69, 9.17) is 4.74 Å². The average Bonchev–Trinajstić information content (AvgIpc) is 3.54. The van der Waals surface area contributed by atoms with E-state index in [2.05, 4.69) is 65.9 Å². The van der Waals surface area contributed by atoms with Gasteiger partial charge in [-0.1, -0.05) is 24.3 Å². The molecule has 0 unspecified atom stereocenters. The lowest BCUT2D eigenvalue weighted by molar-refractivity contribution is 0.338. The summed E-state index contributed by atoms with van der Waals surface area (Å²) in [6.07, 6.45) is 9.83. The van der Waals surface area contributed by atoms with Crippen LogP contribution in [0.15, 0.2) is 48.7 Å². The van der Waals surface area contributed by atoms with E-state index in [1.807, 2.05) is 11.3 Å². The summed E-state index contributed by atoms with van der Waals surface area (Å²) in [6, 6.07) is 15.6. The third kappa shape index (κ3) is 4.79. The molecule has 5 rings (SSSR count). The Morgan fingerprint density at radius 1 is 1.00 bits per heavy atom. The topological polar surface area (TPSA) is 34.1 Å². The van der Waals surface area contributed by atoms with E-state index in [-0.39, 0.29) is 0 Å². The first-order valence-corrected chi connectivity index (χ1v) is 12.5. The number of nitrogens with zero attached hydrogens (tertiary/aromatic N) is 1. The number of hydrogen-bond donors (Lipinski definition) is 1. The number of thiazole rings is 1. The maximum atomic E-state index is 5.42. The molecule has 0 bridgehead atoms. The van der Waals surface area contributed by atoms with Crippen molar-refractivity contribution in [2.75, 3.05) is 19.0 Å². The monoisotopic (exact) mass is 432 g/mol. The lowest BCUT2D eigenvalue weighted by Gasteiger charge is -2.29. The minimum absolute atomic E-state index is 0.691. The van der Waals surface area contributed by atoms with Gasteiger partial charge in [0.1, 0.15) is 5.75 Å². The van der Waals surface area contributed by atoms with Gasteiger partial charge in [0, 0.05) is 24.3 Å². The minimum atomic E-state index is 0.691. The van der Waals surface area contributed by atoms with Crippen LogP contribution in [0.25, 0.3) is 10.4 Å². The SMILES string of the molecule is COc1ccc(C2CCC(CNc3cccc(-c4cnc(C5CC5)s4)c3)CC2)cc1C. The van der Waals surface area contributed by atoms with E-state index in [0.717, 1.165) is 24.1 Å². The number of methoxy groups -OCH3 is 1. The molecule has 1 N–H and O–H groups in total. The van der Waals surface area contributed by atoms with E-state index in [9.17, 15) is 0 Å². The van der Waals surface area contributed by atoms with Crippen molar-refractivity contribution in [1.82, 2.24) is 4.98 Å². The summed E-state index contributed by atoms with van der Waals surface area (Å²) in [7, 11) is 1.75. The Kier molecular flexibility index (Phi) is 5.99. The standard InChI is InChI=1S/C27H32N2OS/c1-18-14-22(12-13-25(18)30-2)20-8-6-19(7-9-20)16-28-24-5-3-4-23(15-24)26-17-29-27(31-26)21-10-11-21/h3-5,12-15,17,19-21,28H,6-11,16H2,1-2H3. The third-order valence-electron chi connectivity index (χ3n) is 6.93.